The van der Waals surface area contributed by atoms with Crippen LogP contribution in [-0.2, 0) is 0 Å². The van der Waals surface area contributed by atoms with E-state index in [0.717, 1.165) is 18.0 Å². The largest absolute Gasteiger partial charge is 0.333 e. The summed E-state index contributed by atoms with van der Waals surface area (Å²) in [5.74, 6) is 0.858. The molecule has 0 radical (unpaired) electrons. The van der Waals surface area contributed by atoms with Crippen LogP contribution in [0.5, 0.6) is 0 Å². The summed E-state index contributed by atoms with van der Waals surface area (Å²) in [5.41, 5.74) is 0. The van der Waals surface area contributed by atoms with E-state index in [4.69, 9.17) is 0 Å². The van der Waals surface area contributed by atoms with Crippen molar-refractivity contribution in [1.29, 1.82) is 0 Å². The summed E-state index contributed by atoms with van der Waals surface area (Å²) in [7, 11) is 0. The van der Waals surface area contributed by atoms with Gasteiger partial charge < -0.3 is 15.2 Å². The summed E-state index contributed by atoms with van der Waals surface area (Å²) in [6, 6.07) is 2.77. The molecule has 5 unspecified atom stereocenters. The third-order valence-corrected chi connectivity index (χ3v) is 6.00. The topological polar surface area (TPSA) is 41.9 Å². The Bertz CT molecular complexity index is 438. The van der Waals surface area contributed by atoms with Gasteiger partial charge in [-0.05, 0) is 57.4 Å². The second-order valence-electron chi connectivity index (χ2n) is 7.19. The van der Waals surface area contributed by atoms with Crippen molar-refractivity contribution < 1.29 is 0 Å². The predicted octanol–water partition coefficient (Wildman–Crippen LogP) is 2.49. The van der Waals surface area contributed by atoms with E-state index >= 15 is 0 Å². The summed E-state index contributed by atoms with van der Waals surface area (Å²) in [6.45, 7) is 1.23. The first-order chi connectivity index (χ1) is 10.4. The van der Waals surface area contributed by atoms with Crippen LogP contribution >= 0.6 is 0 Å². The quantitative estimate of drug-likeness (QED) is 0.894. The first kappa shape index (κ1) is 13.8. The Morgan fingerprint density at radius 2 is 1.90 bits per heavy atom. The Hall–Kier alpha value is -0.870. The molecule has 4 nitrogen and oxygen atoms in total. The van der Waals surface area contributed by atoms with E-state index in [2.05, 4.69) is 26.4 Å². The summed E-state index contributed by atoms with van der Waals surface area (Å²) >= 11 is 0. The molecule has 2 aliphatic carbocycles. The van der Waals surface area contributed by atoms with Crippen molar-refractivity contribution in [3.05, 3.63) is 18.7 Å². The molecule has 1 aliphatic heterocycles. The molecule has 3 aliphatic rings. The third-order valence-electron chi connectivity index (χ3n) is 6.00. The number of rotatable bonds is 4. The zero-order valence-corrected chi connectivity index (χ0v) is 12.9. The van der Waals surface area contributed by atoms with Crippen LogP contribution in [0.4, 0.5) is 0 Å². The molecule has 21 heavy (non-hydrogen) atoms. The monoisotopic (exact) mass is 288 g/mol. The van der Waals surface area contributed by atoms with Gasteiger partial charge in [0, 0.05) is 36.6 Å². The molecular weight excluding hydrogens is 260 g/mol. The number of hydrogen-bond acceptors (Lipinski definition) is 3. The zero-order chi connectivity index (χ0) is 14.1. The average Bonchev–Trinajstić information content (AvgIpc) is 3.28. The number of imidazole rings is 1. The van der Waals surface area contributed by atoms with Gasteiger partial charge in [-0.25, -0.2) is 4.98 Å². The van der Waals surface area contributed by atoms with Gasteiger partial charge in [0.05, 0.1) is 6.33 Å². The number of nitrogens with one attached hydrogen (secondary N) is 2. The second kappa shape index (κ2) is 6.09. The van der Waals surface area contributed by atoms with E-state index in [0.29, 0.717) is 12.1 Å². The Labute approximate surface area is 127 Å². The van der Waals surface area contributed by atoms with Crippen LogP contribution in [0.15, 0.2) is 18.7 Å². The second-order valence-corrected chi connectivity index (χ2v) is 7.19. The van der Waals surface area contributed by atoms with Crippen LogP contribution in [-0.4, -0.2) is 34.2 Å². The molecule has 2 saturated carbocycles. The van der Waals surface area contributed by atoms with Crippen LogP contribution in [0.2, 0.25) is 0 Å². The SMILES string of the molecule is c1cn(C2CCCC2NC2CCCC2C2CCCN2)cn1. The lowest BCUT2D eigenvalue weighted by Gasteiger charge is -2.31. The van der Waals surface area contributed by atoms with Crippen LogP contribution < -0.4 is 10.6 Å². The third kappa shape index (κ3) is 2.76. The lowest BCUT2D eigenvalue weighted by molar-refractivity contribution is 0.273. The lowest BCUT2D eigenvalue weighted by Crippen LogP contribution is -2.47. The van der Waals surface area contributed by atoms with Gasteiger partial charge in [-0.15, -0.1) is 0 Å². The van der Waals surface area contributed by atoms with Gasteiger partial charge >= 0.3 is 0 Å². The minimum absolute atomic E-state index is 0.616. The highest BCUT2D eigenvalue weighted by molar-refractivity contribution is 4.98. The van der Waals surface area contributed by atoms with Gasteiger partial charge in [0.25, 0.3) is 0 Å². The van der Waals surface area contributed by atoms with Crippen molar-refractivity contribution in [1.82, 2.24) is 20.2 Å². The van der Waals surface area contributed by atoms with E-state index in [1.54, 1.807) is 0 Å². The summed E-state index contributed by atoms with van der Waals surface area (Å²) in [4.78, 5) is 4.24. The minimum atomic E-state index is 0.616. The lowest BCUT2D eigenvalue weighted by atomic mass is 9.92. The van der Waals surface area contributed by atoms with Crippen molar-refractivity contribution in [3.8, 4) is 0 Å². The molecule has 5 atom stereocenters. The van der Waals surface area contributed by atoms with E-state index in [1.165, 1.54) is 57.9 Å². The fourth-order valence-corrected chi connectivity index (χ4v) is 4.99. The standard InChI is InChI=1S/C17H28N4/c1-4-13(14-7-3-9-19-14)15(5-1)20-16-6-2-8-17(16)21-11-10-18-12-21/h10-17,19-20H,1-9H2. The van der Waals surface area contributed by atoms with Gasteiger partial charge in [0.2, 0.25) is 0 Å². The average molecular weight is 288 g/mol. The molecule has 2 N–H and O–H groups in total. The fourth-order valence-electron chi connectivity index (χ4n) is 4.99. The van der Waals surface area contributed by atoms with E-state index in [1.807, 2.05) is 12.5 Å². The summed E-state index contributed by atoms with van der Waals surface area (Å²) < 4.78 is 2.32. The fraction of sp³-hybridized carbons (Fsp3) is 0.824. The molecule has 3 fully saturated rings. The van der Waals surface area contributed by atoms with Crippen molar-refractivity contribution in [2.24, 2.45) is 5.92 Å². The van der Waals surface area contributed by atoms with Crippen LogP contribution in [0.1, 0.15) is 57.4 Å². The molecule has 0 spiro atoms. The van der Waals surface area contributed by atoms with Crippen molar-refractivity contribution >= 4 is 0 Å². The molecular formula is C17H28N4. The van der Waals surface area contributed by atoms with E-state index in [-0.39, 0.29) is 0 Å². The minimum Gasteiger partial charge on any atom is -0.333 e. The Balaban J connectivity index is 1.42. The van der Waals surface area contributed by atoms with Gasteiger partial charge in [-0.3, -0.25) is 0 Å². The number of aromatic nitrogens is 2. The van der Waals surface area contributed by atoms with Crippen molar-refractivity contribution in [3.63, 3.8) is 0 Å². The highest BCUT2D eigenvalue weighted by Gasteiger charge is 2.38. The van der Waals surface area contributed by atoms with Crippen LogP contribution in [0, 0.1) is 5.92 Å². The molecule has 0 amide bonds. The maximum Gasteiger partial charge on any atom is 0.0949 e. The Morgan fingerprint density at radius 1 is 1.00 bits per heavy atom. The van der Waals surface area contributed by atoms with E-state index < -0.39 is 0 Å². The zero-order valence-electron chi connectivity index (χ0n) is 12.9. The molecule has 116 valence electrons. The molecule has 1 aromatic heterocycles. The molecule has 2 heterocycles. The molecule has 1 saturated heterocycles. The molecule has 1 aromatic rings. The molecule has 4 heteroatoms. The van der Waals surface area contributed by atoms with Crippen LogP contribution in [0.25, 0.3) is 0 Å². The normalized spacial score (nSPS) is 40.1. The van der Waals surface area contributed by atoms with Crippen LogP contribution in [0.3, 0.4) is 0 Å². The molecule has 4 rings (SSSR count). The maximum atomic E-state index is 4.24. The van der Waals surface area contributed by atoms with E-state index in [9.17, 15) is 0 Å². The molecule has 0 aromatic carbocycles. The van der Waals surface area contributed by atoms with Crippen molar-refractivity contribution in [2.75, 3.05) is 6.54 Å². The smallest absolute Gasteiger partial charge is 0.0949 e. The number of nitrogens with zero attached hydrogens (tertiary/aromatic N) is 2. The van der Waals surface area contributed by atoms with Gasteiger partial charge in [0.15, 0.2) is 0 Å². The Morgan fingerprint density at radius 3 is 2.71 bits per heavy atom. The van der Waals surface area contributed by atoms with Gasteiger partial charge in [-0.1, -0.05) is 6.42 Å². The first-order valence-corrected chi connectivity index (χ1v) is 8.89. The summed E-state index contributed by atoms with van der Waals surface area (Å²) in [6.07, 6.45) is 17.0. The number of hydrogen-bond donors (Lipinski definition) is 2. The van der Waals surface area contributed by atoms with Gasteiger partial charge in [0.1, 0.15) is 0 Å². The maximum absolute atomic E-state index is 4.24. The summed E-state index contributed by atoms with van der Waals surface area (Å²) in [5, 5.41) is 7.79. The first-order valence-electron chi connectivity index (χ1n) is 8.89. The Kier molecular flexibility index (Phi) is 3.99. The highest BCUT2D eigenvalue weighted by Crippen LogP contribution is 2.36. The van der Waals surface area contributed by atoms with Gasteiger partial charge in [-0.2, -0.15) is 0 Å². The molecule has 0 bridgehead atoms. The highest BCUT2D eigenvalue weighted by atomic mass is 15.1. The van der Waals surface area contributed by atoms with Crippen molar-refractivity contribution in [2.45, 2.75) is 75.5 Å². The predicted molar refractivity (Wildman–Crippen MR) is 84.2 cm³/mol.